The van der Waals surface area contributed by atoms with Crippen molar-refractivity contribution in [1.29, 1.82) is 0 Å². The van der Waals surface area contributed by atoms with Crippen LogP contribution in [0.1, 0.15) is 6.42 Å². The van der Waals surface area contributed by atoms with Gasteiger partial charge in [0.1, 0.15) is 5.75 Å². The number of amides is 1. The molecule has 1 heterocycles. The zero-order chi connectivity index (χ0) is 13.1. The summed E-state index contributed by atoms with van der Waals surface area (Å²) in [5.41, 5.74) is 1.76. The summed E-state index contributed by atoms with van der Waals surface area (Å²) in [6.07, 6.45) is 2.44. The summed E-state index contributed by atoms with van der Waals surface area (Å²) in [4.78, 5) is 13.3. The Kier molecular flexibility index (Phi) is 3.91. The fraction of sp³-hybridized carbons (Fsp3) is 0.308. The minimum absolute atomic E-state index is 0.0229. The van der Waals surface area contributed by atoms with Crippen LogP contribution in [0.15, 0.2) is 34.4 Å². The van der Waals surface area contributed by atoms with E-state index in [-0.39, 0.29) is 5.91 Å². The average molecular weight is 311 g/mol. The zero-order valence-corrected chi connectivity index (χ0v) is 12.0. The van der Waals surface area contributed by atoms with Crippen molar-refractivity contribution in [3.63, 3.8) is 0 Å². The summed E-state index contributed by atoms with van der Waals surface area (Å²) in [7, 11) is 3.43. The van der Waals surface area contributed by atoms with Crippen LogP contribution in [0.3, 0.4) is 0 Å². The van der Waals surface area contributed by atoms with Gasteiger partial charge in [-0.25, -0.2) is 0 Å². The van der Waals surface area contributed by atoms with Crippen molar-refractivity contribution in [2.24, 2.45) is 0 Å². The molecule has 0 bridgehead atoms. The van der Waals surface area contributed by atoms with Crippen LogP contribution >= 0.6 is 15.9 Å². The summed E-state index contributed by atoms with van der Waals surface area (Å²) >= 11 is 3.48. The van der Waals surface area contributed by atoms with E-state index >= 15 is 0 Å². The van der Waals surface area contributed by atoms with Crippen LogP contribution in [0.5, 0.6) is 5.75 Å². The van der Waals surface area contributed by atoms with E-state index in [1.54, 1.807) is 25.1 Å². The molecule has 1 aliphatic heterocycles. The first-order chi connectivity index (χ1) is 8.61. The van der Waals surface area contributed by atoms with Crippen LogP contribution in [-0.2, 0) is 4.79 Å². The highest BCUT2D eigenvalue weighted by Crippen LogP contribution is 2.34. The van der Waals surface area contributed by atoms with Crippen molar-refractivity contribution in [3.05, 3.63) is 34.4 Å². The van der Waals surface area contributed by atoms with Crippen LogP contribution in [0, 0.1) is 0 Å². The Balaban J connectivity index is 2.25. The molecule has 0 unspecified atom stereocenters. The van der Waals surface area contributed by atoms with Crippen molar-refractivity contribution in [1.82, 2.24) is 4.90 Å². The molecule has 0 spiro atoms. The first kappa shape index (κ1) is 13.0. The lowest BCUT2D eigenvalue weighted by Gasteiger charge is -2.23. The van der Waals surface area contributed by atoms with E-state index in [0.717, 1.165) is 34.6 Å². The number of nitrogens with one attached hydrogen (secondary N) is 1. The number of para-hydroxylation sites is 1. The quantitative estimate of drug-likeness (QED) is 0.933. The zero-order valence-electron chi connectivity index (χ0n) is 10.4. The maximum atomic E-state index is 11.6. The smallest absolute Gasteiger partial charge is 0.248 e. The number of rotatable bonds is 3. The lowest BCUT2D eigenvalue weighted by Crippen LogP contribution is -2.31. The van der Waals surface area contributed by atoms with Crippen molar-refractivity contribution >= 4 is 27.5 Å². The van der Waals surface area contributed by atoms with Gasteiger partial charge in [-0.2, -0.15) is 0 Å². The Morgan fingerprint density at radius 1 is 1.44 bits per heavy atom. The molecule has 96 valence electrons. The monoisotopic (exact) mass is 310 g/mol. The molecule has 1 N–H and O–H groups in total. The third-order valence-corrected chi connectivity index (χ3v) is 3.53. The molecule has 0 saturated carbocycles. The molecule has 0 fully saturated rings. The maximum Gasteiger partial charge on any atom is 0.248 e. The van der Waals surface area contributed by atoms with Crippen molar-refractivity contribution in [2.45, 2.75) is 6.42 Å². The molecule has 0 atom stereocenters. The number of carbonyl (C=O) groups excluding carboxylic acids is 1. The largest absolute Gasteiger partial charge is 0.495 e. The molecule has 0 aromatic heterocycles. The summed E-state index contributed by atoms with van der Waals surface area (Å²) in [6, 6.07) is 5.72. The highest BCUT2D eigenvalue weighted by Gasteiger charge is 2.16. The fourth-order valence-corrected chi connectivity index (χ4v) is 2.23. The van der Waals surface area contributed by atoms with Crippen LogP contribution in [0.2, 0.25) is 0 Å². The predicted octanol–water partition coefficient (Wildman–Crippen LogP) is 2.62. The van der Waals surface area contributed by atoms with Crippen molar-refractivity contribution in [2.75, 3.05) is 26.0 Å². The highest BCUT2D eigenvalue weighted by molar-refractivity contribution is 9.10. The van der Waals surface area contributed by atoms with Gasteiger partial charge >= 0.3 is 0 Å². The van der Waals surface area contributed by atoms with Crippen LogP contribution < -0.4 is 10.1 Å². The van der Waals surface area contributed by atoms with E-state index in [2.05, 4.69) is 21.2 Å². The van der Waals surface area contributed by atoms with Gasteiger partial charge in [0.2, 0.25) is 5.91 Å². The van der Waals surface area contributed by atoms with Gasteiger partial charge in [-0.15, -0.1) is 0 Å². The van der Waals surface area contributed by atoms with E-state index in [0.29, 0.717) is 0 Å². The molecule has 1 amide bonds. The molecule has 5 heteroatoms. The minimum Gasteiger partial charge on any atom is -0.495 e. The van der Waals surface area contributed by atoms with Gasteiger partial charge in [-0.3, -0.25) is 4.79 Å². The third-order valence-electron chi connectivity index (χ3n) is 2.87. The molecular weight excluding hydrogens is 296 g/mol. The first-order valence-electron chi connectivity index (χ1n) is 5.67. The van der Waals surface area contributed by atoms with Crippen molar-refractivity contribution < 1.29 is 9.53 Å². The standard InChI is InChI=1S/C13H15BrN2O2/c1-16-7-6-9(8-12(16)17)15-13-10(14)4-3-5-11(13)18-2/h3-5,8,15H,6-7H2,1-2H3. The second kappa shape index (κ2) is 5.44. The minimum atomic E-state index is 0.0229. The summed E-state index contributed by atoms with van der Waals surface area (Å²) < 4.78 is 6.21. The Bertz CT molecular complexity index is 500. The summed E-state index contributed by atoms with van der Waals surface area (Å²) in [5, 5.41) is 3.26. The Morgan fingerprint density at radius 3 is 2.89 bits per heavy atom. The Hall–Kier alpha value is -1.49. The number of likely N-dealkylation sites (N-methyl/N-ethyl adjacent to an activating group) is 1. The Morgan fingerprint density at radius 2 is 2.22 bits per heavy atom. The predicted molar refractivity (Wildman–Crippen MR) is 74.7 cm³/mol. The number of halogens is 1. The normalized spacial score (nSPS) is 15.4. The van der Waals surface area contributed by atoms with Gasteiger partial charge in [0, 0.05) is 36.3 Å². The van der Waals surface area contributed by atoms with Gasteiger partial charge in [0.05, 0.1) is 12.8 Å². The number of ether oxygens (including phenoxy) is 1. The number of hydrogen-bond donors (Lipinski definition) is 1. The van der Waals surface area contributed by atoms with Crippen LogP contribution in [0.4, 0.5) is 5.69 Å². The van der Waals surface area contributed by atoms with Crippen molar-refractivity contribution in [3.8, 4) is 5.75 Å². The van der Waals surface area contributed by atoms with E-state index in [1.165, 1.54) is 0 Å². The second-order valence-electron chi connectivity index (χ2n) is 4.12. The van der Waals surface area contributed by atoms with E-state index in [9.17, 15) is 4.79 Å². The molecule has 2 rings (SSSR count). The molecule has 0 saturated heterocycles. The molecule has 18 heavy (non-hydrogen) atoms. The molecular formula is C13H15BrN2O2. The van der Waals surface area contributed by atoms with E-state index in [1.807, 2.05) is 18.2 Å². The second-order valence-corrected chi connectivity index (χ2v) is 4.98. The number of benzene rings is 1. The molecule has 4 nitrogen and oxygen atoms in total. The van der Waals surface area contributed by atoms with Crippen LogP contribution in [0.25, 0.3) is 0 Å². The number of carbonyl (C=O) groups is 1. The molecule has 0 radical (unpaired) electrons. The first-order valence-corrected chi connectivity index (χ1v) is 6.46. The number of methoxy groups -OCH3 is 1. The Labute approximate surface area is 115 Å². The van der Waals surface area contributed by atoms with E-state index in [4.69, 9.17) is 4.74 Å². The highest BCUT2D eigenvalue weighted by atomic mass is 79.9. The average Bonchev–Trinajstić information content (AvgIpc) is 2.36. The number of hydrogen-bond acceptors (Lipinski definition) is 3. The molecule has 1 aromatic carbocycles. The van der Waals surface area contributed by atoms with E-state index < -0.39 is 0 Å². The summed E-state index contributed by atoms with van der Waals surface area (Å²) in [5.74, 6) is 0.770. The maximum absolute atomic E-state index is 11.6. The summed E-state index contributed by atoms with van der Waals surface area (Å²) in [6.45, 7) is 0.727. The van der Waals surface area contributed by atoms with Gasteiger partial charge in [-0.05, 0) is 28.1 Å². The van der Waals surface area contributed by atoms with Gasteiger partial charge in [-0.1, -0.05) is 6.07 Å². The molecule has 0 aliphatic carbocycles. The molecule has 1 aromatic rings. The van der Waals surface area contributed by atoms with Gasteiger partial charge in [0.25, 0.3) is 0 Å². The third kappa shape index (κ3) is 2.67. The fourth-order valence-electron chi connectivity index (χ4n) is 1.78. The topological polar surface area (TPSA) is 41.6 Å². The molecule has 1 aliphatic rings. The van der Waals surface area contributed by atoms with Gasteiger partial charge in [0.15, 0.2) is 0 Å². The van der Waals surface area contributed by atoms with Crippen LogP contribution in [-0.4, -0.2) is 31.5 Å². The lowest BCUT2D eigenvalue weighted by atomic mass is 10.2. The number of anilines is 1. The SMILES string of the molecule is COc1cccc(Br)c1NC1=CC(=O)N(C)CC1. The number of nitrogens with zero attached hydrogens (tertiary/aromatic N) is 1. The van der Waals surface area contributed by atoms with Gasteiger partial charge < -0.3 is 15.0 Å². The lowest BCUT2D eigenvalue weighted by molar-refractivity contribution is -0.125.